The van der Waals surface area contributed by atoms with Crippen LogP contribution in [0.15, 0.2) is 12.1 Å². The molecule has 112 valence electrons. The molecule has 3 nitrogen and oxygen atoms in total. The molecular weight excluding hydrogens is 262 g/mol. The van der Waals surface area contributed by atoms with Crippen molar-refractivity contribution in [1.29, 1.82) is 5.26 Å². The van der Waals surface area contributed by atoms with Gasteiger partial charge in [0, 0.05) is 18.1 Å². The maximum Gasteiger partial charge on any atom is 0.135 e. The van der Waals surface area contributed by atoms with E-state index in [1.165, 1.54) is 20.0 Å². The molecule has 4 radical (unpaired) electrons. The van der Waals surface area contributed by atoms with E-state index >= 15 is 0 Å². The molecule has 1 aromatic rings. The fourth-order valence-electron chi connectivity index (χ4n) is 2.13. The number of ether oxygens (including phenoxy) is 2. The third kappa shape index (κ3) is 5.30. The van der Waals surface area contributed by atoms with E-state index in [-0.39, 0.29) is 0 Å². The van der Waals surface area contributed by atoms with E-state index < -0.39 is 0 Å². The van der Waals surface area contributed by atoms with Gasteiger partial charge < -0.3 is 9.47 Å². The summed E-state index contributed by atoms with van der Waals surface area (Å²) in [4.78, 5) is 0. The van der Waals surface area contributed by atoms with Gasteiger partial charge in [0.15, 0.2) is 0 Å². The summed E-state index contributed by atoms with van der Waals surface area (Å²) >= 11 is 0. The molecule has 0 spiro atoms. The molecule has 3 heteroatoms. The van der Waals surface area contributed by atoms with Crippen LogP contribution in [0.4, 0.5) is 0 Å². The highest BCUT2D eigenvalue weighted by atomic mass is 16.5. The lowest BCUT2D eigenvalue weighted by Crippen LogP contribution is -2.12. The summed E-state index contributed by atoms with van der Waals surface area (Å²) in [6, 6.07) is 5.26. The first kappa shape index (κ1) is 17.4. The molecule has 0 saturated heterocycles. The number of benzene rings is 1. The molecule has 0 aliphatic rings. The molecule has 0 aliphatic carbocycles. The van der Waals surface area contributed by atoms with Gasteiger partial charge in [0.2, 0.25) is 0 Å². The van der Waals surface area contributed by atoms with Gasteiger partial charge in [-0.25, -0.2) is 0 Å². The molecule has 0 N–H and O–H groups in total. The van der Waals surface area contributed by atoms with Crippen molar-refractivity contribution >= 4 is 0 Å². The van der Waals surface area contributed by atoms with Crippen molar-refractivity contribution in [3.8, 4) is 17.6 Å². The minimum Gasteiger partial charge on any atom is -0.496 e. The van der Waals surface area contributed by atoms with Gasteiger partial charge in [-0.2, -0.15) is 5.26 Å². The largest absolute Gasteiger partial charge is 0.496 e. The highest BCUT2D eigenvalue weighted by molar-refractivity contribution is 5.52. The Hall–Kier alpha value is -1.69. The number of hydrogen-bond donors (Lipinski definition) is 0. The average Bonchev–Trinajstić information content (AvgIpc) is 2.50. The van der Waals surface area contributed by atoms with E-state index in [1.807, 2.05) is 6.07 Å². The fourth-order valence-corrected chi connectivity index (χ4v) is 2.13. The van der Waals surface area contributed by atoms with E-state index in [4.69, 9.17) is 21.7 Å². The third-order valence-corrected chi connectivity index (χ3v) is 3.54. The van der Waals surface area contributed by atoms with E-state index in [0.717, 1.165) is 12.8 Å². The monoisotopic (exact) mass is 285 g/mol. The lowest BCUT2D eigenvalue weighted by Gasteiger charge is -2.18. The molecule has 0 heterocycles. The van der Waals surface area contributed by atoms with Gasteiger partial charge in [-0.1, -0.05) is 33.1 Å². The van der Waals surface area contributed by atoms with Crippen LogP contribution in [-0.2, 0) is 0 Å². The number of rotatable bonds is 9. The van der Waals surface area contributed by atoms with Crippen LogP contribution < -0.4 is 9.47 Å². The smallest absolute Gasteiger partial charge is 0.135 e. The third-order valence-electron chi connectivity index (χ3n) is 3.54. The first-order chi connectivity index (χ1) is 10.2. The van der Waals surface area contributed by atoms with Gasteiger partial charge in [0.05, 0.1) is 19.8 Å². The van der Waals surface area contributed by atoms with Gasteiger partial charge in [-0.3, -0.25) is 0 Å². The average molecular weight is 285 g/mol. The van der Waals surface area contributed by atoms with Gasteiger partial charge in [0.1, 0.15) is 17.9 Å². The van der Waals surface area contributed by atoms with E-state index in [1.54, 1.807) is 12.1 Å². The maximum absolute atomic E-state index is 8.76. The van der Waals surface area contributed by atoms with Crippen molar-refractivity contribution < 1.29 is 9.47 Å². The zero-order chi connectivity index (χ0) is 15.7. The van der Waals surface area contributed by atoms with Crippen molar-refractivity contribution in [3.05, 3.63) is 36.6 Å². The molecule has 1 atom stereocenters. The predicted octanol–water partition coefficient (Wildman–Crippen LogP) is 4.30. The number of hydrogen-bond acceptors (Lipinski definition) is 3. The van der Waals surface area contributed by atoms with E-state index in [9.17, 15) is 0 Å². The number of nitrogens with zero attached hydrogens (tertiary/aromatic N) is 1. The molecule has 21 heavy (non-hydrogen) atoms. The zero-order valence-electron chi connectivity index (χ0n) is 13.1. The number of methoxy groups -OCH3 is 1. The quantitative estimate of drug-likeness (QED) is 0.679. The predicted molar refractivity (Wildman–Crippen MR) is 83.2 cm³/mol. The van der Waals surface area contributed by atoms with Crippen molar-refractivity contribution in [2.75, 3.05) is 13.7 Å². The van der Waals surface area contributed by atoms with Crippen LogP contribution in [0.3, 0.4) is 0 Å². The second-order valence-corrected chi connectivity index (χ2v) is 5.05. The van der Waals surface area contributed by atoms with Crippen LogP contribution in [0.25, 0.3) is 0 Å². The van der Waals surface area contributed by atoms with Crippen LogP contribution in [0.2, 0.25) is 0 Å². The summed E-state index contributed by atoms with van der Waals surface area (Å²) in [7, 11) is 1.54. The Kier molecular flexibility index (Phi) is 7.68. The Morgan fingerprint density at radius 3 is 2.62 bits per heavy atom. The summed E-state index contributed by atoms with van der Waals surface area (Å²) < 4.78 is 11.0. The summed E-state index contributed by atoms with van der Waals surface area (Å²) in [5.74, 6) is 1.64. The Balaban J connectivity index is 2.78. The summed E-state index contributed by atoms with van der Waals surface area (Å²) in [6.45, 7) is 11.0. The molecule has 0 aliphatic heterocycles. The summed E-state index contributed by atoms with van der Waals surface area (Å²) in [6.07, 6.45) is 7.22. The molecule has 0 aromatic heterocycles. The van der Waals surface area contributed by atoms with Crippen LogP contribution in [0.5, 0.6) is 11.5 Å². The Labute approximate surface area is 128 Å². The van der Waals surface area contributed by atoms with Gasteiger partial charge in [0.25, 0.3) is 0 Å². The first-order valence-corrected chi connectivity index (χ1v) is 7.41. The lowest BCUT2D eigenvalue weighted by molar-refractivity contribution is 0.232. The van der Waals surface area contributed by atoms with Crippen LogP contribution in [0, 0.1) is 30.6 Å². The molecule has 0 bridgehead atoms. The standard InChI is InChI=1S/C18H23NO2/c1-5-7-8-15(6-2)13-21-17-12-16(9-10-19)18(20-4)11-14(17)3/h3,11-12,15H,5-8,13H2,1-2,4H3. The first-order valence-electron chi connectivity index (χ1n) is 7.41. The minimum absolute atomic E-state index is 0.515. The molecule has 0 fully saturated rings. The summed E-state index contributed by atoms with van der Waals surface area (Å²) in [5, 5.41) is 8.76. The van der Waals surface area contributed by atoms with E-state index in [2.05, 4.69) is 20.3 Å². The van der Waals surface area contributed by atoms with Crippen molar-refractivity contribution in [2.24, 2.45) is 5.92 Å². The van der Waals surface area contributed by atoms with Gasteiger partial charge in [-0.15, -0.1) is 0 Å². The molecular formula is C18H23NO2. The summed E-state index contributed by atoms with van der Waals surface area (Å²) in [5.41, 5.74) is 1.08. The topological polar surface area (TPSA) is 42.2 Å². The van der Waals surface area contributed by atoms with Gasteiger partial charge >= 0.3 is 0 Å². The highest BCUT2D eigenvalue weighted by Crippen LogP contribution is 2.30. The number of unbranched alkanes of at least 4 members (excludes halogenated alkanes) is 1. The van der Waals surface area contributed by atoms with Crippen molar-refractivity contribution in [2.45, 2.75) is 39.5 Å². The highest BCUT2D eigenvalue weighted by Gasteiger charge is 2.12. The molecule has 1 aromatic carbocycles. The zero-order valence-corrected chi connectivity index (χ0v) is 13.1. The fraction of sp³-hybridized carbons (Fsp3) is 0.500. The van der Waals surface area contributed by atoms with Crippen molar-refractivity contribution in [3.63, 3.8) is 0 Å². The van der Waals surface area contributed by atoms with E-state index in [0.29, 0.717) is 35.2 Å². The SMILES string of the molecule is [CH]c1cc(OC)c([C]C#N)cc1OCC(CC)CCCC. The molecule has 0 saturated carbocycles. The molecule has 0 amide bonds. The Morgan fingerprint density at radius 1 is 1.29 bits per heavy atom. The second-order valence-electron chi connectivity index (χ2n) is 5.05. The second kappa shape index (κ2) is 9.28. The normalized spacial score (nSPS) is 11.8. The Bertz CT molecular complexity index is 477. The molecule has 1 unspecified atom stereocenters. The molecule has 1 rings (SSSR count). The van der Waals surface area contributed by atoms with Gasteiger partial charge in [-0.05, 0) is 24.5 Å². The number of nitriles is 1. The van der Waals surface area contributed by atoms with Crippen LogP contribution >= 0.6 is 0 Å². The van der Waals surface area contributed by atoms with Crippen LogP contribution in [-0.4, -0.2) is 13.7 Å². The Morgan fingerprint density at radius 2 is 2.05 bits per heavy atom. The lowest BCUT2D eigenvalue weighted by atomic mass is 10.0. The maximum atomic E-state index is 8.76. The van der Waals surface area contributed by atoms with Crippen molar-refractivity contribution in [1.82, 2.24) is 0 Å². The minimum atomic E-state index is 0.515. The van der Waals surface area contributed by atoms with Crippen LogP contribution in [0.1, 0.15) is 50.7 Å².